The van der Waals surface area contributed by atoms with E-state index in [1.54, 1.807) is 12.1 Å². The molecule has 0 saturated heterocycles. The van der Waals surface area contributed by atoms with Crippen LogP contribution in [0.1, 0.15) is 16.7 Å². The standard InChI is InChI=1S/C15H15BrFN/c1-11-4-2-3-5-12(11)9-18-10-13-8-14(16)6-7-15(13)17/h2-8,18H,9-10H2,1H3. The molecule has 0 unspecified atom stereocenters. The monoisotopic (exact) mass is 307 g/mol. The molecule has 0 amide bonds. The molecule has 1 N–H and O–H groups in total. The Hall–Kier alpha value is -1.19. The van der Waals surface area contributed by atoms with E-state index in [0.717, 1.165) is 11.0 Å². The van der Waals surface area contributed by atoms with Crippen LogP contribution in [0.2, 0.25) is 0 Å². The van der Waals surface area contributed by atoms with E-state index in [0.29, 0.717) is 12.1 Å². The van der Waals surface area contributed by atoms with Crippen LogP contribution in [0.3, 0.4) is 0 Å². The first-order valence-corrected chi connectivity index (χ1v) is 6.65. The Kier molecular flexibility index (Phi) is 4.50. The Morgan fingerprint density at radius 3 is 2.56 bits per heavy atom. The Balaban J connectivity index is 1.96. The molecular weight excluding hydrogens is 293 g/mol. The highest BCUT2D eigenvalue weighted by Crippen LogP contribution is 2.15. The van der Waals surface area contributed by atoms with Crippen molar-refractivity contribution in [3.05, 3.63) is 69.4 Å². The van der Waals surface area contributed by atoms with Gasteiger partial charge >= 0.3 is 0 Å². The molecule has 1 nitrogen and oxygen atoms in total. The van der Waals surface area contributed by atoms with Crippen molar-refractivity contribution in [2.24, 2.45) is 0 Å². The van der Waals surface area contributed by atoms with Crippen molar-refractivity contribution in [2.45, 2.75) is 20.0 Å². The minimum absolute atomic E-state index is 0.171. The number of aryl methyl sites for hydroxylation is 1. The molecule has 94 valence electrons. The molecule has 0 radical (unpaired) electrons. The second-order valence-corrected chi connectivity index (χ2v) is 5.18. The van der Waals surface area contributed by atoms with Crippen molar-refractivity contribution >= 4 is 15.9 Å². The van der Waals surface area contributed by atoms with E-state index < -0.39 is 0 Å². The van der Waals surface area contributed by atoms with Gasteiger partial charge in [-0.3, -0.25) is 0 Å². The quantitative estimate of drug-likeness (QED) is 0.893. The fraction of sp³-hybridized carbons (Fsp3) is 0.200. The molecule has 0 atom stereocenters. The van der Waals surface area contributed by atoms with Crippen LogP contribution in [0, 0.1) is 12.7 Å². The molecule has 3 heteroatoms. The normalized spacial score (nSPS) is 10.6. The van der Waals surface area contributed by atoms with Gasteiger partial charge in [0.25, 0.3) is 0 Å². The van der Waals surface area contributed by atoms with Gasteiger partial charge in [-0.25, -0.2) is 4.39 Å². The van der Waals surface area contributed by atoms with Crippen molar-refractivity contribution in [3.8, 4) is 0 Å². The zero-order valence-electron chi connectivity index (χ0n) is 10.2. The van der Waals surface area contributed by atoms with Gasteiger partial charge in [0.2, 0.25) is 0 Å². The Labute approximate surface area is 115 Å². The minimum atomic E-state index is -0.171. The van der Waals surface area contributed by atoms with Crippen LogP contribution in [-0.4, -0.2) is 0 Å². The highest BCUT2D eigenvalue weighted by Gasteiger charge is 2.03. The van der Waals surface area contributed by atoms with Crippen molar-refractivity contribution in [1.82, 2.24) is 5.32 Å². The number of nitrogens with one attached hydrogen (secondary N) is 1. The van der Waals surface area contributed by atoms with E-state index in [1.807, 2.05) is 12.1 Å². The molecule has 0 spiro atoms. The molecule has 0 aliphatic rings. The summed E-state index contributed by atoms with van der Waals surface area (Å²) >= 11 is 3.35. The smallest absolute Gasteiger partial charge is 0.127 e. The highest BCUT2D eigenvalue weighted by atomic mass is 79.9. The Morgan fingerprint density at radius 1 is 1.06 bits per heavy atom. The number of hydrogen-bond donors (Lipinski definition) is 1. The van der Waals surface area contributed by atoms with E-state index in [1.165, 1.54) is 17.2 Å². The third kappa shape index (κ3) is 3.40. The van der Waals surface area contributed by atoms with Gasteiger partial charge in [0, 0.05) is 23.1 Å². The van der Waals surface area contributed by atoms with Crippen LogP contribution in [-0.2, 0) is 13.1 Å². The van der Waals surface area contributed by atoms with Gasteiger partial charge in [0.15, 0.2) is 0 Å². The van der Waals surface area contributed by atoms with Crippen LogP contribution in [0.15, 0.2) is 46.9 Å². The molecule has 0 aliphatic heterocycles. The van der Waals surface area contributed by atoms with E-state index >= 15 is 0 Å². The third-order valence-corrected chi connectivity index (χ3v) is 3.39. The lowest BCUT2D eigenvalue weighted by molar-refractivity contribution is 0.587. The van der Waals surface area contributed by atoms with Gasteiger partial charge in [-0.2, -0.15) is 0 Å². The van der Waals surface area contributed by atoms with Gasteiger partial charge in [-0.05, 0) is 36.2 Å². The fourth-order valence-electron chi connectivity index (χ4n) is 1.82. The van der Waals surface area contributed by atoms with Gasteiger partial charge < -0.3 is 5.32 Å². The maximum absolute atomic E-state index is 13.5. The molecule has 0 saturated carbocycles. The van der Waals surface area contributed by atoms with E-state index in [-0.39, 0.29) is 5.82 Å². The van der Waals surface area contributed by atoms with Gasteiger partial charge in [-0.15, -0.1) is 0 Å². The summed E-state index contributed by atoms with van der Waals surface area (Å²) in [5.74, 6) is -0.171. The van der Waals surface area contributed by atoms with Crippen molar-refractivity contribution in [1.29, 1.82) is 0 Å². The zero-order chi connectivity index (χ0) is 13.0. The number of benzene rings is 2. The average Bonchev–Trinajstić information content (AvgIpc) is 2.36. The molecule has 0 fully saturated rings. The maximum Gasteiger partial charge on any atom is 0.127 e. The maximum atomic E-state index is 13.5. The lowest BCUT2D eigenvalue weighted by Gasteiger charge is -2.08. The van der Waals surface area contributed by atoms with Crippen LogP contribution in [0.25, 0.3) is 0 Å². The van der Waals surface area contributed by atoms with Crippen molar-refractivity contribution in [2.75, 3.05) is 0 Å². The average molecular weight is 308 g/mol. The second-order valence-electron chi connectivity index (χ2n) is 4.27. The lowest BCUT2D eigenvalue weighted by atomic mass is 10.1. The highest BCUT2D eigenvalue weighted by molar-refractivity contribution is 9.10. The topological polar surface area (TPSA) is 12.0 Å². The molecule has 0 heterocycles. The van der Waals surface area contributed by atoms with Crippen molar-refractivity contribution in [3.63, 3.8) is 0 Å². The molecule has 0 aliphatic carbocycles. The number of halogens is 2. The first-order chi connectivity index (χ1) is 8.66. The minimum Gasteiger partial charge on any atom is -0.309 e. The molecule has 2 aromatic rings. The summed E-state index contributed by atoms with van der Waals surface area (Å²) in [7, 11) is 0. The lowest BCUT2D eigenvalue weighted by Crippen LogP contribution is -2.14. The van der Waals surface area contributed by atoms with Gasteiger partial charge in [0.05, 0.1) is 0 Å². The van der Waals surface area contributed by atoms with E-state index in [9.17, 15) is 4.39 Å². The summed E-state index contributed by atoms with van der Waals surface area (Å²) < 4.78 is 14.4. The molecule has 2 aromatic carbocycles. The molecular formula is C15H15BrFN. The molecule has 0 aromatic heterocycles. The summed E-state index contributed by atoms with van der Waals surface area (Å²) in [5.41, 5.74) is 3.17. The predicted molar refractivity (Wildman–Crippen MR) is 75.8 cm³/mol. The van der Waals surface area contributed by atoms with Crippen molar-refractivity contribution < 1.29 is 4.39 Å². The van der Waals surface area contributed by atoms with Crippen LogP contribution < -0.4 is 5.32 Å². The van der Waals surface area contributed by atoms with Crippen LogP contribution in [0.5, 0.6) is 0 Å². The third-order valence-electron chi connectivity index (χ3n) is 2.90. The SMILES string of the molecule is Cc1ccccc1CNCc1cc(Br)ccc1F. The number of rotatable bonds is 4. The van der Waals surface area contributed by atoms with Crippen LogP contribution >= 0.6 is 15.9 Å². The van der Waals surface area contributed by atoms with E-state index in [2.05, 4.69) is 40.3 Å². The Bertz CT molecular complexity index is 540. The largest absolute Gasteiger partial charge is 0.309 e. The summed E-state index contributed by atoms with van der Waals surface area (Å²) in [4.78, 5) is 0. The summed E-state index contributed by atoms with van der Waals surface area (Å²) in [6.07, 6.45) is 0. The fourth-order valence-corrected chi connectivity index (χ4v) is 2.23. The first-order valence-electron chi connectivity index (χ1n) is 5.86. The first kappa shape index (κ1) is 13.2. The molecule has 2 rings (SSSR count). The zero-order valence-corrected chi connectivity index (χ0v) is 11.8. The molecule has 0 bridgehead atoms. The number of hydrogen-bond acceptors (Lipinski definition) is 1. The van der Waals surface area contributed by atoms with Gasteiger partial charge in [-0.1, -0.05) is 40.2 Å². The second kappa shape index (κ2) is 6.12. The summed E-state index contributed by atoms with van der Waals surface area (Å²) in [6, 6.07) is 13.2. The summed E-state index contributed by atoms with van der Waals surface area (Å²) in [5, 5.41) is 3.27. The van der Waals surface area contributed by atoms with Crippen LogP contribution in [0.4, 0.5) is 4.39 Å². The Morgan fingerprint density at radius 2 is 1.78 bits per heavy atom. The van der Waals surface area contributed by atoms with Gasteiger partial charge in [0.1, 0.15) is 5.82 Å². The summed E-state index contributed by atoms with van der Waals surface area (Å²) in [6.45, 7) is 3.36. The molecule has 18 heavy (non-hydrogen) atoms. The van der Waals surface area contributed by atoms with E-state index in [4.69, 9.17) is 0 Å². The predicted octanol–water partition coefficient (Wildman–Crippen LogP) is 4.19.